The summed E-state index contributed by atoms with van der Waals surface area (Å²) in [5, 5.41) is 12.5. The third kappa shape index (κ3) is 3.43. The van der Waals surface area contributed by atoms with E-state index in [1.165, 1.54) is 0 Å². The fraction of sp³-hybridized carbons (Fsp3) is 0.667. The highest BCUT2D eigenvalue weighted by Crippen LogP contribution is 2.48. The molecule has 0 radical (unpaired) electrons. The van der Waals surface area contributed by atoms with Crippen LogP contribution in [0.15, 0.2) is 12.3 Å². The van der Waals surface area contributed by atoms with E-state index in [4.69, 9.17) is 4.74 Å². The largest absolute Gasteiger partial charge is 0.495 e. The minimum Gasteiger partial charge on any atom is -0.495 e. The molecule has 0 aromatic carbocycles. The highest BCUT2D eigenvalue weighted by Gasteiger charge is 2.50. The number of pyridine rings is 1. The van der Waals surface area contributed by atoms with Crippen molar-refractivity contribution in [3.05, 3.63) is 17.8 Å². The Bertz CT molecular complexity index is 791. The molecule has 2 amide bonds. The van der Waals surface area contributed by atoms with Crippen LogP contribution in [0.5, 0.6) is 5.75 Å². The number of fused-ring (bicyclic) bond motifs is 2. The quantitative estimate of drug-likeness (QED) is 0.807. The van der Waals surface area contributed by atoms with Crippen molar-refractivity contribution in [3.8, 4) is 5.75 Å². The fourth-order valence-corrected chi connectivity index (χ4v) is 5.35. The average Bonchev–Trinajstić information content (AvgIpc) is 2.88. The molecular formula is C21H30N4O4. The molecule has 8 nitrogen and oxygen atoms in total. The first-order valence-corrected chi connectivity index (χ1v) is 10.6. The van der Waals surface area contributed by atoms with E-state index in [2.05, 4.69) is 22.1 Å². The predicted octanol–water partition coefficient (Wildman–Crippen LogP) is 2.69. The van der Waals surface area contributed by atoms with Crippen LogP contribution in [0.25, 0.3) is 0 Å². The molecular weight excluding hydrogens is 372 g/mol. The third-order valence-corrected chi connectivity index (χ3v) is 7.05. The van der Waals surface area contributed by atoms with Crippen molar-refractivity contribution < 1.29 is 19.4 Å². The maximum atomic E-state index is 12.9. The molecule has 2 fully saturated rings. The van der Waals surface area contributed by atoms with Gasteiger partial charge in [0, 0.05) is 37.3 Å². The molecule has 3 heterocycles. The van der Waals surface area contributed by atoms with Crippen LogP contribution in [-0.2, 0) is 10.2 Å². The third-order valence-electron chi connectivity index (χ3n) is 7.05. The van der Waals surface area contributed by atoms with E-state index in [-0.39, 0.29) is 11.9 Å². The number of ether oxygens (including phenoxy) is 1. The summed E-state index contributed by atoms with van der Waals surface area (Å²) < 4.78 is 5.33. The average molecular weight is 402 g/mol. The zero-order valence-electron chi connectivity index (χ0n) is 17.2. The van der Waals surface area contributed by atoms with Crippen LogP contribution in [0, 0.1) is 0 Å². The van der Waals surface area contributed by atoms with Crippen LogP contribution >= 0.6 is 0 Å². The minimum absolute atomic E-state index is 0.0369. The molecule has 1 aliphatic carbocycles. The molecule has 8 heteroatoms. The lowest BCUT2D eigenvalue weighted by atomic mass is 9.69. The van der Waals surface area contributed by atoms with Crippen molar-refractivity contribution in [2.24, 2.45) is 0 Å². The maximum Gasteiger partial charge on any atom is 0.407 e. The maximum absolute atomic E-state index is 12.9. The molecule has 1 spiro atoms. The first-order chi connectivity index (χ1) is 14.0. The van der Waals surface area contributed by atoms with Crippen LogP contribution in [0.3, 0.4) is 0 Å². The van der Waals surface area contributed by atoms with Gasteiger partial charge in [-0.25, -0.2) is 9.78 Å². The molecule has 1 aromatic heterocycles. The van der Waals surface area contributed by atoms with Crippen LogP contribution in [-0.4, -0.2) is 70.7 Å². The summed E-state index contributed by atoms with van der Waals surface area (Å²) in [6.07, 6.45) is 5.90. The number of aromatic nitrogens is 1. The monoisotopic (exact) mass is 402 g/mol. The number of anilines is 1. The molecule has 4 rings (SSSR count). The van der Waals surface area contributed by atoms with Gasteiger partial charge in [0.15, 0.2) is 0 Å². The summed E-state index contributed by atoms with van der Waals surface area (Å²) in [6, 6.07) is 2.37. The molecule has 2 N–H and O–H groups in total. The van der Waals surface area contributed by atoms with Gasteiger partial charge in [-0.3, -0.25) is 9.69 Å². The lowest BCUT2D eigenvalue weighted by Gasteiger charge is -2.41. The number of carbonyl (C=O) groups is 2. The van der Waals surface area contributed by atoms with E-state index < -0.39 is 11.5 Å². The molecule has 2 aliphatic heterocycles. The molecule has 1 saturated carbocycles. The van der Waals surface area contributed by atoms with Gasteiger partial charge in [0.05, 0.1) is 18.7 Å². The number of amides is 2. The number of nitrogens with zero attached hydrogens (tertiary/aromatic N) is 3. The highest BCUT2D eigenvalue weighted by molar-refractivity contribution is 6.05. The lowest BCUT2D eigenvalue weighted by Crippen LogP contribution is -2.49. The Labute approximate surface area is 171 Å². The molecule has 1 aromatic rings. The smallest absolute Gasteiger partial charge is 0.407 e. The number of carbonyl (C=O) groups excluding carboxylic acids is 1. The van der Waals surface area contributed by atoms with E-state index in [1.807, 2.05) is 6.07 Å². The van der Waals surface area contributed by atoms with Crippen LogP contribution in [0.1, 0.15) is 51.0 Å². The molecule has 29 heavy (non-hydrogen) atoms. The van der Waals surface area contributed by atoms with E-state index in [9.17, 15) is 14.7 Å². The number of hydrogen-bond donors (Lipinski definition) is 2. The summed E-state index contributed by atoms with van der Waals surface area (Å²) in [5.74, 6) is 1.38. The van der Waals surface area contributed by atoms with Crippen molar-refractivity contribution in [1.29, 1.82) is 0 Å². The van der Waals surface area contributed by atoms with Gasteiger partial charge < -0.3 is 20.1 Å². The number of methoxy groups -OCH3 is 1. The Hall–Kier alpha value is -2.35. The molecule has 158 valence electrons. The van der Waals surface area contributed by atoms with Gasteiger partial charge in [0.25, 0.3) is 0 Å². The van der Waals surface area contributed by atoms with Crippen LogP contribution < -0.4 is 10.1 Å². The molecule has 1 saturated heterocycles. The Morgan fingerprint density at radius 2 is 2.14 bits per heavy atom. The second-order valence-electron chi connectivity index (χ2n) is 8.43. The Balaban J connectivity index is 1.49. The van der Waals surface area contributed by atoms with Crippen LogP contribution in [0.4, 0.5) is 10.6 Å². The molecule has 1 atom stereocenters. The van der Waals surface area contributed by atoms with Crippen molar-refractivity contribution in [1.82, 2.24) is 14.8 Å². The predicted molar refractivity (Wildman–Crippen MR) is 108 cm³/mol. The Morgan fingerprint density at radius 3 is 2.79 bits per heavy atom. The second kappa shape index (κ2) is 7.82. The number of carboxylic acid groups (broad SMARTS) is 1. The molecule has 3 aliphatic rings. The van der Waals surface area contributed by atoms with E-state index in [1.54, 1.807) is 18.2 Å². The summed E-state index contributed by atoms with van der Waals surface area (Å²) in [7, 11) is 1.61. The molecule has 0 bridgehead atoms. The first-order valence-electron chi connectivity index (χ1n) is 10.6. The summed E-state index contributed by atoms with van der Waals surface area (Å²) >= 11 is 0. The van der Waals surface area contributed by atoms with E-state index in [0.717, 1.165) is 57.2 Å². The Morgan fingerprint density at radius 1 is 1.38 bits per heavy atom. The summed E-state index contributed by atoms with van der Waals surface area (Å²) in [4.78, 5) is 32.9. The minimum atomic E-state index is -0.818. The van der Waals surface area contributed by atoms with E-state index in [0.29, 0.717) is 24.2 Å². The number of rotatable bonds is 3. The van der Waals surface area contributed by atoms with Crippen molar-refractivity contribution in [2.45, 2.75) is 62.9 Å². The van der Waals surface area contributed by atoms with Gasteiger partial charge in [-0.1, -0.05) is 6.92 Å². The summed E-state index contributed by atoms with van der Waals surface area (Å²) in [6.45, 7) is 4.34. The lowest BCUT2D eigenvalue weighted by molar-refractivity contribution is -0.122. The van der Waals surface area contributed by atoms with Crippen molar-refractivity contribution in [3.63, 3.8) is 0 Å². The fourth-order valence-electron chi connectivity index (χ4n) is 5.35. The van der Waals surface area contributed by atoms with Gasteiger partial charge in [-0.2, -0.15) is 0 Å². The zero-order chi connectivity index (χ0) is 20.6. The highest BCUT2D eigenvalue weighted by atomic mass is 16.5. The van der Waals surface area contributed by atoms with Crippen molar-refractivity contribution in [2.75, 3.05) is 32.1 Å². The van der Waals surface area contributed by atoms with Gasteiger partial charge in [0.1, 0.15) is 11.6 Å². The number of hydrogen-bond acceptors (Lipinski definition) is 5. The standard InChI is InChI=1S/C21H30N4O4/c1-3-14-13-24(9-4-10-25(14)20(27)28)15-5-7-21(8-6-15)17-11-16(29-2)12-22-18(17)23-19(21)26/h11-12,14-15H,3-10,13H2,1-2H3,(H,27,28)(H,22,23,26). The first kappa shape index (κ1) is 19.9. The molecule has 1 unspecified atom stereocenters. The van der Waals surface area contributed by atoms with Gasteiger partial charge >= 0.3 is 6.09 Å². The summed E-state index contributed by atoms with van der Waals surface area (Å²) in [5.41, 5.74) is 0.441. The van der Waals surface area contributed by atoms with E-state index >= 15 is 0 Å². The van der Waals surface area contributed by atoms with Gasteiger partial charge in [0.2, 0.25) is 5.91 Å². The Kier molecular flexibility index (Phi) is 5.38. The SMILES string of the molecule is CCC1CN(C2CCC3(CC2)C(=O)Nc2ncc(OC)cc23)CCCN1C(=O)O. The topological polar surface area (TPSA) is 95.0 Å². The zero-order valence-corrected chi connectivity index (χ0v) is 17.2. The van der Waals surface area contributed by atoms with Crippen molar-refractivity contribution >= 4 is 17.8 Å². The second-order valence-corrected chi connectivity index (χ2v) is 8.43. The van der Waals surface area contributed by atoms with Crippen LogP contribution in [0.2, 0.25) is 0 Å². The van der Waals surface area contributed by atoms with Gasteiger partial charge in [-0.15, -0.1) is 0 Å². The normalized spacial score (nSPS) is 30.0. The number of nitrogens with one attached hydrogen (secondary N) is 1. The van der Waals surface area contributed by atoms with Gasteiger partial charge in [-0.05, 0) is 44.6 Å².